The molecule has 3 aromatic rings. The van der Waals surface area contributed by atoms with Gasteiger partial charge in [0.15, 0.2) is 0 Å². The molecule has 6 nitrogen and oxygen atoms in total. The molecule has 0 radical (unpaired) electrons. The second-order valence-electron chi connectivity index (χ2n) is 5.92. The number of hydrogen-bond acceptors (Lipinski definition) is 5. The van der Waals surface area contributed by atoms with Crippen LogP contribution in [0.5, 0.6) is 0 Å². The molecule has 0 spiro atoms. The van der Waals surface area contributed by atoms with Gasteiger partial charge in [0.05, 0.1) is 23.0 Å². The molecule has 1 amide bonds. The molecule has 4 rings (SSSR count). The van der Waals surface area contributed by atoms with Crippen LogP contribution in [0.2, 0.25) is 0 Å². The average molecular weight is 350 g/mol. The minimum Gasteiger partial charge on any atom is -0.323 e. The number of fused-ring (bicyclic) bond motifs is 3. The Hall–Kier alpha value is -2.98. The molecule has 1 aromatic carbocycles. The number of benzene rings is 1. The van der Waals surface area contributed by atoms with Gasteiger partial charge in [-0.15, -0.1) is 11.3 Å². The molecule has 7 heteroatoms. The van der Waals surface area contributed by atoms with Gasteiger partial charge in [0.1, 0.15) is 17.4 Å². The molecular weight excluding hydrogens is 336 g/mol. The number of aromatic nitrogens is 2. The number of para-hydroxylation sites is 1. The van der Waals surface area contributed by atoms with E-state index in [1.54, 1.807) is 35.6 Å². The van der Waals surface area contributed by atoms with Crippen LogP contribution in [0.15, 0.2) is 35.4 Å². The van der Waals surface area contributed by atoms with Gasteiger partial charge in [0, 0.05) is 4.88 Å². The quantitative estimate of drug-likeness (QED) is 0.786. The Morgan fingerprint density at radius 1 is 1.36 bits per heavy atom. The lowest BCUT2D eigenvalue weighted by Gasteiger charge is -2.08. The lowest BCUT2D eigenvalue weighted by atomic mass is 10.2. The maximum absolute atomic E-state index is 12.8. The highest BCUT2D eigenvalue weighted by Crippen LogP contribution is 2.34. The summed E-state index contributed by atoms with van der Waals surface area (Å²) in [6.45, 7) is -0.133. The standard InChI is InChI=1S/C18H14N4O2S/c19-8-11-4-1-2-6-13(11)21-15(23)9-22-10-20-17-16(18(22)24)12-5-3-7-14(12)25-17/h1-2,4,6,10H,3,5,7,9H2,(H,21,23). The third kappa shape index (κ3) is 2.71. The number of hydrogen-bond donors (Lipinski definition) is 1. The van der Waals surface area contributed by atoms with Gasteiger partial charge in [0.25, 0.3) is 5.56 Å². The predicted octanol–water partition coefficient (Wildman–Crippen LogP) is 2.46. The molecule has 0 unspecified atom stereocenters. The van der Waals surface area contributed by atoms with Crippen LogP contribution in [0, 0.1) is 11.3 Å². The number of amides is 1. The average Bonchev–Trinajstić information content (AvgIpc) is 3.18. The Bertz CT molecular complexity index is 1090. The van der Waals surface area contributed by atoms with Gasteiger partial charge in [-0.2, -0.15) is 5.26 Å². The van der Waals surface area contributed by atoms with Gasteiger partial charge in [-0.25, -0.2) is 4.98 Å². The van der Waals surface area contributed by atoms with E-state index in [1.807, 2.05) is 6.07 Å². The van der Waals surface area contributed by atoms with Crippen molar-refractivity contribution in [1.29, 1.82) is 5.26 Å². The van der Waals surface area contributed by atoms with Crippen molar-refractivity contribution in [3.8, 4) is 6.07 Å². The molecule has 0 bridgehead atoms. The molecule has 0 fully saturated rings. The summed E-state index contributed by atoms with van der Waals surface area (Å²) in [5, 5.41) is 12.4. The summed E-state index contributed by atoms with van der Waals surface area (Å²) >= 11 is 1.57. The number of rotatable bonds is 3. The minimum absolute atomic E-state index is 0.133. The third-order valence-corrected chi connectivity index (χ3v) is 5.53. The second kappa shape index (κ2) is 6.15. The fourth-order valence-electron chi connectivity index (χ4n) is 3.17. The van der Waals surface area contributed by atoms with E-state index in [1.165, 1.54) is 15.8 Å². The van der Waals surface area contributed by atoms with Crippen LogP contribution in [0.4, 0.5) is 5.69 Å². The Morgan fingerprint density at radius 2 is 2.20 bits per heavy atom. The highest BCUT2D eigenvalue weighted by molar-refractivity contribution is 7.18. The molecule has 0 atom stereocenters. The molecule has 25 heavy (non-hydrogen) atoms. The molecule has 1 aliphatic rings. The van der Waals surface area contributed by atoms with Gasteiger partial charge in [-0.05, 0) is 37.0 Å². The molecule has 2 aromatic heterocycles. The van der Waals surface area contributed by atoms with Crippen LogP contribution in [0.25, 0.3) is 10.2 Å². The lowest BCUT2D eigenvalue weighted by Crippen LogP contribution is -2.28. The number of carbonyl (C=O) groups is 1. The van der Waals surface area contributed by atoms with E-state index in [9.17, 15) is 9.59 Å². The topological polar surface area (TPSA) is 87.8 Å². The van der Waals surface area contributed by atoms with Gasteiger partial charge >= 0.3 is 0 Å². The number of nitriles is 1. The molecule has 0 aliphatic heterocycles. The van der Waals surface area contributed by atoms with E-state index in [-0.39, 0.29) is 18.0 Å². The Morgan fingerprint density at radius 3 is 3.04 bits per heavy atom. The van der Waals surface area contributed by atoms with Crippen LogP contribution in [-0.2, 0) is 24.2 Å². The Balaban J connectivity index is 1.63. The minimum atomic E-state index is -0.363. The summed E-state index contributed by atoms with van der Waals surface area (Å²) in [6, 6.07) is 8.79. The van der Waals surface area contributed by atoms with E-state index in [2.05, 4.69) is 10.3 Å². The molecule has 1 aliphatic carbocycles. The zero-order chi connectivity index (χ0) is 17.4. The van der Waals surface area contributed by atoms with Crippen LogP contribution < -0.4 is 10.9 Å². The van der Waals surface area contributed by atoms with Crippen molar-refractivity contribution in [2.75, 3.05) is 5.32 Å². The summed E-state index contributed by atoms with van der Waals surface area (Å²) in [7, 11) is 0. The number of carbonyl (C=O) groups excluding carboxylic acids is 1. The summed E-state index contributed by atoms with van der Waals surface area (Å²) in [5.41, 5.74) is 1.75. The van der Waals surface area contributed by atoms with Crippen molar-refractivity contribution >= 4 is 33.1 Å². The van der Waals surface area contributed by atoms with Crippen molar-refractivity contribution in [1.82, 2.24) is 9.55 Å². The zero-order valence-electron chi connectivity index (χ0n) is 13.3. The zero-order valence-corrected chi connectivity index (χ0v) is 14.1. The monoisotopic (exact) mass is 350 g/mol. The number of nitrogens with one attached hydrogen (secondary N) is 1. The fourth-order valence-corrected chi connectivity index (χ4v) is 4.39. The van der Waals surface area contributed by atoms with Crippen LogP contribution >= 0.6 is 11.3 Å². The normalized spacial score (nSPS) is 12.8. The molecule has 0 saturated carbocycles. The summed E-state index contributed by atoms with van der Waals surface area (Å²) in [4.78, 5) is 31.4. The smallest absolute Gasteiger partial charge is 0.262 e. The van der Waals surface area contributed by atoms with Gasteiger partial charge in [-0.3, -0.25) is 14.2 Å². The van der Waals surface area contributed by atoms with E-state index < -0.39 is 0 Å². The fraction of sp³-hybridized carbons (Fsp3) is 0.222. The summed E-state index contributed by atoms with van der Waals surface area (Å²) in [6.07, 6.45) is 4.39. The van der Waals surface area contributed by atoms with Crippen LogP contribution in [0.3, 0.4) is 0 Å². The van der Waals surface area contributed by atoms with E-state index in [0.717, 1.165) is 29.7 Å². The molecule has 2 heterocycles. The Kier molecular flexibility index (Phi) is 3.82. The first kappa shape index (κ1) is 15.5. The molecule has 124 valence electrons. The predicted molar refractivity (Wildman–Crippen MR) is 95.7 cm³/mol. The van der Waals surface area contributed by atoms with Crippen LogP contribution in [-0.4, -0.2) is 15.5 Å². The first-order valence-electron chi connectivity index (χ1n) is 7.96. The van der Waals surface area contributed by atoms with Gasteiger partial charge in [0.2, 0.25) is 5.91 Å². The van der Waals surface area contributed by atoms with Gasteiger partial charge < -0.3 is 5.32 Å². The largest absolute Gasteiger partial charge is 0.323 e. The summed E-state index contributed by atoms with van der Waals surface area (Å²) in [5.74, 6) is -0.363. The lowest BCUT2D eigenvalue weighted by molar-refractivity contribution is -0.116. The highest BCUT2D eigenvalue weighted by Gasteiger charge is 2.21. The molecule has 1 N–H and O–H groups in total. The van der Waals surface area contributed by atoms with E-state index >= 15 is 0 Å². The first-order valence-corrected chi connectivity index (χ1v) is 8.77. The third-order valence-electron chi connectivity index (χ3n) is 4.33. The van der Waals surface area contributed by atoms with E-state index in [4.69, 9.17) is 5.26 Å². The van der Waals surface area contributed by atoms with Crippen LogP contribution in [0.1, 0.15) is 22.4 Å². The maximum Gasteiger partial charge on any atom is 0.262 e. The molecular formula is C18H14N4O2S. The summed E-state index contributed by atoms with van der Waals surface area (Å²) < 4.78 is 1.33. The van der Waals surface area contributed by atoms with Crippen molar-refractivity contribution in [2.24, 2.45) is 0 Å². The Labute approximate surface area is 147 Å². The van der Waals surface area contributed by atoms with Gasteiger partial charge in [-0.1, -0.05) is 12.1 Å². The number of nitrogens with zero attached hydrogens (tertiary/aromatic N) is 3. The van der Waals surface area contributed by atoms with Crippen molar-refractivity contribution in [3.63, 3.8) is 0 Å². The number of thiophene rings is 1. The van der Waals surface area contributed by atoms with Crippen molar-refractivity contribution in [2.45, 2.75) is 25.8 Å². The first-order chi connectivity index (χ1) is 12.2. The van der Waals surface area contributed by atoms with E-state index in [0.29, 0.717) is 16.6 Å². The number of anilines is 1. The second-order valence-corrected chi connectivity index (χ2v) is 7.00. The molecule has 0 saturated heterocycles. The SMILES string of the molecule is N#Cc1ccccc1NC(=O)Cn1cnc2sc3c(c2c1=O)CCC3. The maximum atomic E-state index is 12.8. The highest BCUT2D eigenvalue weighted by atomic mass is 32.1. The van der Waals surface area contributed by atoms with Crippen molar-refractivity contribution in [3.05, 3.63) is 57.0 Å². The van der Waals surface area contributed by atoms with Crippen molar-refractivity contribution < 1.29 is 4.79 Å². The number of aryl methyl sites for hydroxylation is 2.